The molecule has 5 heteroatoms. The Kier molecular flexibility index (Phi) is 6.87. The largest absolute Gasteiger partial charge is 0.463 e. The van der Waals surface area contributed by atoms with Gasteiger partial charge in [0.2, 0.25) is 0 Å². The Labute approximate surface area is 200 Å². The van der Waals surface area contributed by atoms with Crippen LogP contribution < -0.4 is 0 Å². The summed E-state index contributed by atoms with van der Waals surface area (Å²) in [5.74, 6) is 2.85. The normalized spacial score (nSPS) is 45.0. The summed E-state index contributed by atoms with van der Waals surface area (Å²) in [5, 5.41) is 9.11. The number of carbonyl (C=O) groups excluding carboxylic acids is 2. The van der Waals surface area contributed by atoms with Crippen LogP contribution >= 0.6 is 0 Å². The van der Waals surface area contributed by atoms with Gasteiger partial charge in [0.05, 0.1) is 6.07 Å². The number of carbonyl (C=O) groups is 2. The smallest absolute Gasteiger partial charge is 0.302 e. The monoisotopic (exact) mass is 457 g/mol. The highest BCUT2D eigenvalue weighted by molar-refractivity contribution is 5.66. The van der Waals surface area contributed by atoms with Crippen LogP contribution in [-0.4, -0.2) is 24.1 Å². The van der Waals surface area contributed by atoms with E-state index in [1.807, 2.05) is 0 Å². The van der Waals surface area contributed by atoms with Crippen molar-refractivity contribution in [1.82, 2.24) is 0 Å². The van der Waals surface area contributed by atoms with E-state index in [0.29, 0.717) is 41.9 Å². The van der Waals surface area contributed by atoms with Crippen molar-refractivity contribution in [1.29, 1.82) is 5.26 Å². The number of fused-ring (bicyclic) bond motifs is 5. The maximum Gasteiger partial charge on any atom is 0.302 e. The van der Waals surface area contributed by atoms with Gasteiger partial charge in [0.15, 0.2) is 0 Å². The lowest BCUT2D eigenvalue weighted by Crippen LogP contribution is -2.59. The molecule has 0 bridgehead atoms. The Bertz CT molecular complexity index is 804. The lowest BCUT2D eigenvalue weighted by atomic mass is 9.43. The lowest BCUT2D eigenvalue weighted by molar-refractivity contribution is -0.197. The van der Waals surface area contributed by atoms with Gasteiger partial charge in [-0.25, -0.2) is 0 Å². The van der Waals surface area contributed by atoms with Crippen molar-refractivity contribution in [2.45, 2.75) is 111 Å². The molecule has 0 spiro atoms. The summed E-state index contributed by atoms with van der Waals surface area (Å²) < 4.78 is 11.7. The van der Waals surface area contributed by atoms with E-state index in [1.165, 1.54) is 32.6 Å². The summed E-state index contributed by atoms with van der Waals surface area (Å²) in [6.45, 7) is 10.4. The number of ether oxygens (including phenoxy) is 2. The summed E-state index contributed by atoms with van der Waals surface area (Å²) in [4.78, 5) is 23.8. The second-order valence-corrected chi connectivity index (χ2v) is 12.3. The minimum atomic E-state index is -0.190. The second kappa shape index (κ2) is 9.23. The van der Waals surface area contributed by atoms with Gasteiger partial charge < -0.3 is 9.47 Å². The van der Waals surface area contributed by atoms with Gasteiger partial charge in [-0.3, -0.25) is 9.59 Å². The minimum absolute atomic E-state index is 0.000745. The van der Waals surface area contributed by atoms with Crippen LogP contribution in [-0.2, 0) is 19.1 Å². The molecular weight excluding hydrogens is 414 g/mol. The average molecular weight is 458 g/mol. The molecule has 0 aliphatic heterocycles. The topological polar surface area (TPSA) is 76.4 Å². The Morgan fingerprint density at radius 2 is 1.64 bits per heavy atom. The standard InChI is InChI=1S/C28H43NO4/c1-17(7-6-14-29)22-8-9-23-26-24(11-13-28(22,23)5)27(4)12-10-21(32-18(2)30)15-20(27)16-25(26)33-19(3)31/h17,20-26H,6-13,15-16H2,1-5H3/t17-,20+,21-,22-,23+,24+,25-,26+,27+,28-/m1/s1. The van der Waals surface area contributed by atoms with Crippen LogP contribution in [0.1, 0.15) is 98.8 Å². The van der Waals surface area contributed by atoms with Gasteiger partial charge >= 0.3 is 11.9 Å². The highest BCUT2D eigenvalue weighted by atomic mass is 16.5. The highest BCUT2D eigenvalue weighted by Crippen LogP contribution is 2.68. The maximum atomic E-state index is 12.2. The van der Waals surface area contributed by atoms with Crippen LogP contribution in [0.15, 0.2) is 0 Å². The third-order valence-corrected chi connectivity index (χ3v) is 10.7. The van der Waals surface area contributed by atoms with E-state index in [0.717, 1.165) is 32.1 Å². The number of nitriles is 1. The molecular formula is C28H43NO4. The fourth-order valence-electron chi connectivity index (χ4n) is 9.30. The van der Waals surface area contributed by atoms with Gasteiger partial charge in [-0.1, -0.05) is 20.8 Å². The van der Waals surface area contributed by atoms with Gasteiger partial charge in [-0.15, -0.1) is 0 Å². The lowest BCUT2D eigenvalue weighted by Gasteiger charge is -2.62. The summed E-state index contributed by atoms with van der Waals surface area (Å²) in [6.07, 6.45) is 10.3. The predicted molar refractivity (Wildman–Crippen MR) is 126 cm³/mol. The zero-order chi connectivity index (χ0) is 24.0. The number of rotatable bonds is 5. The fraction of sp³-hybridized carbons (Fsp3) is 0.893. The quantitative estimate of drug-likeness (QED) is 0.469. The van der Waals surface area contributed by atoms with E-state index in [-0.39, 0.29) is 35.0 Å². The SMILES string of the molecule is CC(=O)O[C@@H]1CC[C@@]2(C)[C@@H](C1)C[C@@H](OC(C)=O)[C@@H]1[C@@H]2CC[C@]2(C)[C@@H]([C@H](C)CCC#N)CC[C@@H]12. The molecule has 0 N–H and O–H groups in total. The van der Waals surface area contributed by atoms with E-state index in [9.17, 15) is 9.59 Å². The van der Waals surface area contributed by atoms with E-state index in [4.69, 9.17) is 14.7 Å². The Balaban J connectivity index is 1.61. The van der Waals surface area contributed by atoms with Crippen molar-refractivity contribution in [2.75, 3.05) is 0 Å². The van der Waals surface area contributed by atoms with Crippen molar-refractivity contribution in [3.05, 3.63) is 0 Å². The van der Waals surface area contributed by atoms with Crippen molar-refractivity contribution in [3.63, 3.8) is 0 Å². The van der Waals surface area contributed by atoms with Crippen molar-refractivity contribution in [3.8, 4) is 6.07 Å². The number of nitrogens with zero attached hydrogens (tertiary/aromatic N) is 1. The first-order chi connectivity index (χ1) is 15.6. The summed E-state index contributed by atoms with van der Waals surface area (Å²) in [7, 11) is 0. The van der Waals surface area contributed by atoms with Gasteiger partial charge in [0, 0.05) is 26.2 Å². The predicted octanol–water partition coefficient (Wildman–Crippen LogP) is 6.06. The molecule has 33 heavy (non-hydrogen) atoms. The van der Waals surface area contributed by atoms with Gasteiger partial charge in [-0.2, -0.15) is 5.26 Å². The van der Waals surface area contributed by atoms with Crippen molar-refractivity contribution < 1.29 is 19.1 Å². The van der Waals surface area contributed by atoms with Gasteiger partial charge in [0.25, 0.3) is 0 Å². The molecule has 4 rings (SSSR count). The Morgan fingerprint density at radius 3 is 2.30 bits per heavy atom. The fourth-order valence-corrected chi connectivity index (χ4v) is 9.30. The minimum Gasteiger partial charge on any atom is -0.463 e. The molecule has 0 heterocycles. The van der Waals surface area contributed by atoms with Crippen molar-refractivity contribution in [2.24, 2.45) is 46.3 Å². The summed E-state index contributed by atoms with van der Waals surface area (Å²) in [6, 6.07) is 2.34. The molecule has 5 nitrogen and oxygen atoms in total. The Hall–Kier alpha value is -1.57. The zero-order valence-electron chi connectivity index (χ0n) is 21.3. The van der Waals surface area contributed by atoms with Crippen LogP contribution in [0.3, 0.4) is 0 Å². The maximum absolute atomic E-state index is 12.2. The zero-order valence-corrected chi connectivity index (χ0v) is 21.3. The van der Waals surface area contributed by atoms with Gasteiger partial charge in [-0.05, 0) is 98.2 Å². The first-order valence-electron chi connectivity index (χ1n) is 13.3. The molecule has 4 aliphatic rings. The van der Waals surface area contributed by atoms with E-state index < -0.39 is 0 Å². The molecule has 4 fully saturated rings. The second-order valence-electron chi connectivity index (χ2n) is 12.3. The first-order valence-corrected chi connectivity index (χ1v) is 13.3. The molecule has 4 saturated carbocycles. The third-order valence-electron chi connectivity index (χ3n) is 10.7. The summed E-state index contributed by atoms with van der Waals surface area (Å²) in [5.41, 5.74) is 0.496. The van der Waals surface area contributed by atoms with E-state index >= 15 is 0 Å². The molecule has 184 valence electrons. The van der Waals surface area contributed by atoms with Crippen LogP contribution in [0.4, 0.5) is 0 Å². The van der Waals surface area contributed by atoms with E-state index in [1.54, 1.807) is 6.92 Å². The molecule has 0 radical (unpaired) electrons. The number of esters is 2. The Morgan fingerprint density at radius 1 is 0.970 bits per heavy atom. The van der Waals surface area contributed by atoms with Gasteiger partial charge in [0.1, 0.15) is 12.2 Å². The molecule has 0 amide bonds. The van der Waals surface area contributed by atoms with Crippen LogP contribution in [0.5, 0.6) is 0 Å². The first kappa shape index (κ1) is 24.6. The summed E-state index contributed by atoms with van der Waals surface area (Å²) >= 11 is 0. The number of hydrogen-bond donors (Lipinski definition) is 0. The molecule has 0 unspecified atom stereocenters. The van der Waals surface area contributed by atoms with Crippen LogP contribution in [0.25, 0.3) is 0 Å². The number of hydrogen-bond acceptors (Lipinski definition) is 5. The molecule has 0 aromatic carbocycles. The molecule has 0 aromatic rings. The molecule has 10 atom stereocenters. The van der Waals surface area contributed by atoms with E-state index in [2.05, 4.69) is 26.8 Å². The van der Waals surface area contributed by atoms with Crippen LogP contribution in [0, 0.1) is 57.7 Å². The highest BCUT2D eigenvalue weighted by Gasteiger charge is 2.63. The van der Waals surface area contributed by atoms with Crippen molar-refractivity contribution >= 4 is 11.9 Å². The molecule has 0 aromatic heterocycles. The molecule has 4 aliphatic carbocycles. The third kappa shape index (κ3) is 4.32. The average Bonchev–Trinajstić information content (AvgIpc) is 3.09. The molecule has 0 saturated heterocycles. The van der Waals surface area contributed by atoms with Crippen LogP contribution in [0.2, 0.25) is 0 Å².